The maximum absolute atomic E-state index is 11.6. The fraction of sp³-hybridized carbons (Fsp3) is 0.579. The first kappa shape index (κ1) is 19.1. The van der Waals surface area contributed by atoms with E-state index in [2.05, 4.69) is 22.1 Å². The number of likely N-dealkylation sites (N-methyl/N-ethyl adjacent to an activating group) is 1. The van der Waals surface area contributed by atoms with Crippen molar-refractivity contribution in [3.63, 3.8) is 0 Å². The summed E-state index contributed by atoms with van der Waals surface area (Å²) in [7, 11) is 2.01. The molecule has 138 valence electrons. The first-order chi connectivity index (χ1) is 12.2. The van der Waals surface area contributed by atoms with Crippen LogP contribution in [0.5, 0.6) is 5.75 Å². The van der Waals surface area contributed by atoms with E-state index in [1.54, 1.807) is 0 Å². The molecule has 0 bridgehead atoms. The second kappa shape index (κ2) is 10.6. The molecule has 0 atom stereocenters. The van der Waals surface area contributed by atoms with E-state index in [1.807, 2.05) is 42.3 Å². The van der Waals surface area contributed by atoms with Gasteiger partial charge >= 0.3 is 0 Å². The minimum absolute atomic E-state index is 0.283. The lowest BCUT2D eigenvalue weighted by atomic mass is 10.3. The van der Waals surface area contributed by atoms with Gasteiger partial charge < -0.3 is 19.9 Å². The van der Waals surface area contributed by atoms with Gasteiger partial charge in [0, 0.05) is 39.6 Å². The highest BCUT2D eigenvalue weighted by atomic mass is 16.5. The molecular weight excluding hydrogens is 316 g/mol. The Morgan fingerprint density at radius 2 is 2.16 bits per heavy atom. The van der Waals surface area contributed by atoms with Gasteiger partial charge in [0.15, 0.2) is 5.96 Å². The van der Waals surface area contributed by atoms with Crippen LogP contribution in [-0.2, 0) is 4.79 Å². The molecule has 6 nitrogen and oxygen atoms in total. The number of rotatable bonds is 9. The second-order valence-electron chi connectivity index (χ2n) is 6.16. The van der Waals surface area contributed by atoms with E-state index in [-0.39, 0.29) is 5.91 Å². The molecule has 1 aliphatic heterocycles. The fourth-order valence-corrected chi connectivity index (χ4v) is 2.78. The lowest BCUT2D eigenvalue weighted by molar-refractivity contribution is -0.127. The molecule has 1 N–H and O–H groups in total. The number of para-hydroxylation sites is 1. The summed E-state index contributed by atoms with van der Waals surface area (Å²) in [5, 5.41) is 3.31. The summed E-state index contributed by atoms with van der Waals surface area (Å²) in [6.07, 6.45) is 2.60. The molecule has 2 rings (SSSR count). The molecule has 1 aliphatic rings. The Balaban J connectivity index is 1.72. The van der Waals surface area contributed by atoms with Crippen molar-refractivity contribution in [1.82, 2.24) is 15.1 Å². The normalized spacial score (nSPS) is 14.7. The maximum atomic E-state index is 11.6. The molecule has 0 aliphatic carbocycles. The highest BCUT2D eigenvalue weighted by Crippen LogP contribution is 2.10. The van der Waals surface area contributed by atoms with Gasteiger partial charge in [-0.25, -0.2) is 0 Å². The number of nitrogens with one attached hydrogen (secondary N) is 1. The zero-order valence-electron chi connectivity index (χ0n) is 15.4. The fourth-order valence-electron chi connectivity index (χ4n) is 2.78. The first-order valence-electron chi connectivity index (χ1n) is 9.15. The molecule has 0 saturated carbocycles. The SMILES string of the molecule is CCNC(=NCCCN1CCCC1=O)N(C)CCOc1ccccc1. The van der Waals surface area contributed by atoms with Crippen molar-refractivity contribution in [1.29, 1.82) is 0 Å². The van der Waals surface area contributed by atoms with Gasteiger partial charge in [0.25, 0.3) is 0 Å². The van der Waals surface area contributed by atoms with Crippen LogP contribution >= 0.6 is 0 Å². The Kier molecular flexibility index (Phi) is 8.09. The minimum Gasteiger partial charge on any atom is -0.492 e. The second-order valence-corrected chi connectivity index (χ2v) is 6.16. The van der Waals surface area contributed by atoms with Crippen LogP contribution in [0.3, 0.4) is 0 Å². The molecular formula is C19H30N4O2. The van der Waals surface area contributed by atoms with Gasteiger partial charge in [-0.15, -0.1) is 0 Å². The Labute approximate surface area is 150 Å². The zero-order chi connectivity index (χ0) is 17.9. The van der Waals surface area contributed by atoms with Gasteiger partial charge in [0.05, 0.1) is 6.54 Å². The molecule has 0 spiro atoms. The quantitative estimate of drug-likeness (QED) is 0.422. The molecule has 1 amide bonds. The van der Waals surface area contributed by atoms with E-state index in [0.29, 0.717) is 13.0 Å². The van der Waals surface area contributed by atoms with Crippen LogP contribution in [-0.4, -0.2) is 68.0 Å². The predicted molar refractivity (Wildman–Crippen MR) is 101 cm³/mol. The summed E-state index contributed by atoms with van der Waals surface area (Å²) in [5.41, 5.74) is 0. The summed E-state index contributed by atoms with van der Waals surface area (Å²) in [6.45, 7) is 6.68. The van der Waals surface area contributed by atoms with Gasteiger partial charge in [0.2, 0.25) is 5.91 Å². The van der Waals surface area contributed by atoms with Crippen LogP contribution in [0.25, 0.3) is 0 Å². The number of carbonyl (C=O) groups is 1. The molecule has 0 aromatic heterocycles. The van der Waals surface area contributed by atoms with E-state index in [4.69, 9.17) is 4.74 Å². The van der Waals surface area contributed by atoms with Gasteiger partial charge in [-0.2, -0.15) is 0 Å². The molecule has 1 aromatic carbocycles. The Hall–Kier alpha value is -2.24. The van der Waals surface area contributed by atoms with Crippen LogP contribution in [0.2, 0.25) is 0 Å². The number of ether oxygens (including phenoxy) is 1. The molecule has 0 radical (unpaired) electrons. The summed E-state index contributed by atoms with van der Waals surface area (Å²) < 4.78 is 5.74. The van der Waals surface area contributed by atoms with Crippen molar-refractivity contribution in [2.75, 3.05) is 46.4 Å². The Bertz CT molecular complexity index is 548. The van der Waals surface area contributed by atoms with E-state index >= 15 is 0 Å². The maximum Gasteiger partial charge on any atom is 0.222 e. The van der Waals surface area contributed by atoms with Crippen molar-refractivity contribution < 1.29 is 9.53 Å². The number of aliphatic imine (C=N–C) groups is 1. The number of hydrogen-bond donors (Lipinski definition) is 1. The highest BCUT2D eigenvalue weighted by molar-refractivity contribution is 5.79. The lowest BCUT2D eigenvalue weighted by Crippen LogP contribution is -2.41. The molecule has 1 heterocycles. The lowest BCUT2D eigenvalue weighted by Gasteiger charge is -2.22. The molecule has 6 heteroatoms. The highest BCUT2D eigenvalue weighted by Gasteiger charge is 2.18. The van der Waals surface area contributed by atoms with Gasteiger partial charge in [-0.1, -0.05) is 18.2 Å². The number of carbonyl (C=O) groups excluding carboxylic acids is 1. The van der Waals surface area contributed by atoms with Crippen LogP contribution in [0.15, 0.2) is 35.3 Å². The number of likely N-dealkylation sites (tertiary alicyclic amines) is 1. The van der Waals surface area contributed by atoms with Crippen molar-refractivity contribution in [3.05, 3.63) is 30.3 Å². The Morgan fingerprint density at radius 3 is 2.84 bits per heavy atom. The summed E-state index contributed by atoms with van der Waals surface area (Å²) >= 11 is 0. The Morgan fingerprint density at radius 1 is 1.36 bits per heavy atom. The third-order valence-corrected chi connectivity index (χ3v) is 4.15. The van der Waals surface area contributed by atoms with Gasteiger partial charge in [-0.05, 0) is 31.9 Å². The number of benzene rings is 1. The van der Waals surface area contributed by atoms with Crippen molar-refractivity contribution in [2.45, 2.75) is 26.2 Å². The van der Waals surface area contributed by atoms with E-state index in [0.717, 1.165) is 57.3 Å². The number of amides is 1. The molecule has 1 fully saturated rings. The van der Waals surface area contributed by atoms with Crippen LogP contribution in [0, 0.1) is 0 Å². The van der Waals surface area contributed by atoms with Crippen LogP contribution in [0.1, 0.15) is 26.2 Å². The summed E-state index contributed by atoms with van der Waals surface area (Å²) in [6, 6.07) is 9.83. The summed E-state index contributed by atoms with van der Waals surface area (Å²) in [5.74, 6) is 2.05. The average Bonchev–Trinajstić information content (AvgIpc) is 3.03. The number of guanidine groups is 1. The zero-order valence-corrected chi connectivity index (χ0v) is 15.4. The van der Waals surface area contributed by atoms with E-state index < -0.39 is 0 Å². The first-order valence-corrected chi connectivity index (χ1v) is 9.15. The monoisotopic (exact) mass is 346 g/mol. The topological polar surface area (TPSA) is 57.2 Å². The molecule has 0 unspecified atom stereocenters. The number of nitrogens with zero attached hydrogens (tertiary/aromatic N) is 3. The predicted octanol–water partition coefficient (Wildman–Crippen LogP) is 1.98. The van der Waals surface area contributed by atoms with Gasteiger partial charge in [0.1, 0.15) is 12.4 Å². The van der Waals surface area contributed by atoms with Crippen molar-refractivity contribution in [3.8, 4) is 5.75 Å². The third-order valence-electron chi connectivity index (χ3n) is 4.15. The molecule has 1 saturated heterocycles. The largest absolute Gasteiger partial charge is 0.492 e. The van der Waals surface area contributed by atoms with Crippen molar-refractivity contribution in [2.24, 2.45) is 4.99 Å². The van der Waals surface area contributed by atoms with E-state index in [1.165, 1.54) is 0 Å². The summed E-state index contributed by atoms with van der Waals surface area (Å²) in [4.78, 5) is 20.3. The average molecular weight is 346 g/mol. The van der Waals surface area contributed by atoms with Crippen molar-refractivity contribution >= 4 is 11.9 Å². The van der Waals surface area contributed by atoms with Crippen LogP contribution < -0.4 is 10.1 Å². The van der Waals surface area contributed by atoms with Crippen LogP contribution in [0.4, 0.5) is 0 Å². The minimum atomic E-state index is 0.283. The standard InChI is InChI=1S/C19H30N4O2/c1-3-20-19(21-12-8-14-23-13-7-11-18(23)24)22(2)15-16-25-17-9-5-4-6-10-17/h4-6,9-10H,3,7-8,11-16H2,1-2H3,(H,20,21). The van der Waals surface area contributed by atoms with E-state index in [9.17, 15) is 4.79 Å². The molecule has 25 heavy (non-hydrogen) atoms. The smallest absolute Gasteiger partial charge is 0.222 e. The number of hydrogen-bond acceptors (Lipinski definition) is 3. The molecule has 1 aromatic rings. The van der Waals surface area contributed by atoms with Gasteiger partial charge in [-0.3, -0.25) is 9.79 Å². The third kappa shape index (κ3) is 6.64.